The highest BCUT2D eigenvalue weighted by atomic mass is 32.2. The standard InChI is InChI=1S/C12H16N2O3S/c1-8(2)11(12(16)17)14-10(15)7-18-9-3-5-13-6-4-9/h3-6,8,11H,7H2,1-2H3,(H,14,15)(H,16,17)/t11-/m1/s1. The van der Waals surface area contributed by atoms with Crippen LogP contribution in [0.25, 0.3) is 0 Å². The Morgan fingerprint density at radius 2 is 2.00 bits per heavy atom. The Balaban J connectivity index is 2.44. The summed E-state index contributed by atoms with van der Waals surface area (Å²) in [4.78, 5) is 27.3. The van der Waals surface area contributed by atoms with Crippen LogP contribution in [0.5, 0.6) is 0 Å². The van der Waals surface area contributed by atoms with E-state index in [9.17, 15) is 9.59 Å². The van der Waals surface area contributed by atoms with Crippen molar-refractivity contribution in [3.63, 3.8) is 0 Å². The zero-order valence-corrected chi connectivity index (χ0v) is 11.1. The molecule has 0 fully saturated rings. The first-order valence-electron chi connectivity index (χ1n) is 5.55. The summed E-state index contributed by atoms with van der Waals surface area (Å²) in [6.45, 7) is 3.52. The van der Waals surface area contributed by atoms with E-state index >= 15 is 0 Å². The van der Waals surface area contributed by atoms with Gasteiger partial charge in [-0.1, -0.05) is 13.8 Å². The van der Waals surface area contributed by atoms with Gasteiger partial charge in [0, 0.05) is 17.3 Å². The quantitative estimate of drug-likeness (QED) is 0.762. The van der Waals surface area contributed by atoms with E-state index in [1.165, 1.54) is 11.8 Å². The minimum Gasteiger partial charge on any atom is -0.480 e. The van der Waals surface area contributed by atoms with Crippen molar-refractivity contribution in [2.45, 2.75) is 24.8 Å². The Labute approximate surface area is 110 Å². The van der Waals surface area contributed by atoms with Crippen LogP contribution in [0.15, 0.2) is 29.4 Å². The molecule has 1 aromatic rings. The summed E-state index contributed by atoms with van der Waals surface area (Å²) in [5.41, 5.74) is 0. The highest BCUT2D eigenvalue weighted by molar-refractivity contribution is 8.00. The van der Waals surface area contributed by atoms with Crippen molar-refractivity contribution in [2.24, 2.45) is 5.92 Å². The molecule has 1 amide bonds. The Bertz CT molecular complexity index is 409. The number of hydrogen-bond acceptors (Lipinski definition) is 4. The molecule has 0 spiro atoms. The molecule has 6 heteroatoms. The molecule has 0 saturated heterocycles. The fourth-order valence-corrected chi connectivity index (χ4v) is 2.01. The highest BCUT2D eigenvalue weighted by Gasteiger charge is 2.23. The van der Waals surface area contributed by atoms with Gasteiger partial charge in [0.05, 0.1) is 5.75 Å². The van der Waals surface area contributed by atoms with Crippen molar-refractivity contribution >= 4 is 23.6 Å². The molecular weight excluding hydrogens is 252 g/mol. The number of carbonyl (C=O) groups excluding carboxylic acids is 1. The Morgan fingerprint density at radius 3 is 2.50 bits per heavy atom. The van der Waals surface area contributed by atoms with Crippen molar-refractivity contribution in [2.75, 3.05) is 5.75 Å². The average molecular weight is 268 g/mol. The summed E-state index contributed by atoms with van der Waals surface area (Å²) in [7, 11) is 0. The van der Waals surface area contributed by atoms with E-state index in [-0.39, 0.29) is 17.6 Å². The SMILES string of the molecule is CC(C)[C@@H](NC(=O)CSc1ccncc1)C(=O)O. The summed E-state index contributed by atoms with van der Waals surface area (Å²) >= 11 is 1.35. The van der Waals surface area contributed by atoms with Crippen LogP contribution >= 0.6 is 11.8 Å². The van der Waals surface area contributed by atoms with E-state index in [0.717, 1.165) is 4.90 Å². The first kappa shape index (κ1) is 14.5. The van der Waals surface area contributed by atoms with Gasteiger partial charge in [0.2, 0.25) is 5.91 Å². The third-order valence-corrected chi connectivity index (χ3v) is 3.28. The van der Waals surface area contributed by atoms with E-state index in [4.69, 9.17) is 5.11 Å². The van der Waals surface area contributed by atoms with Crippen molar-refractivity contribution < 1.29 is 14.7 Å². The molecule has 0 unspecified atom stereocenters. The van der Waals surface area contributed by atoms with Crippen LogP contribution in [0, 0.1) is 5.92 Å². The summed E-state index contributed by atoms with van der Waals surface area (Å²) < 4.78 is 0. The van der Waals surface area contributed by atoms with Crippen molar-refractivity contribution in [1.82, 2.24) is 10.3 Å². The van der Waals surface area contributed by atoms with Crippen LogP contribution in [0.2, 0.25) is 0 Å². The molecule has 0 aliphatic carbocycles. The molecule has 2 N–H and O–H groups in total. The predicted octanol–water partition coefficient (Wildman–Crippen LogP) is 1.40. The lowest BCUT2D eigenvalue weighted by Gasteiger charge is -2.17. The maximum absolute atomic E-state index is 11.6. The molecule has 1 aromatic heterocycles. The number of carboxylic acid groups (broad SMARTS) is 1. The molecule has 1 heterocycles. The zero-order chi connectivity index (χ0) is 13.5. The van der Waals surface area contributed by atoms with Gasteiger partial charge >= 0.3 is 5.97 Å². The van der Waals surface area contributed by atoms with Gasteiger partial charge in [-0.25, -0.2) is 4.79 Å². The number of hydrogen-bond donors (Lipinski definition) is 2. The molecule has 18 heavy (non-hydrogen) atoms. The number of carboxylic acids is 1. The number of carbonyl (C=O) groups is 2. The molecule has 0 radical (unpaired) electrons. The van der Waals surface area contributed by atoms with E-state index in [2.05, 4.69) is 10.3 Å². The highest BCUT2D eigenvalue weighted by Crippen LogP contribution is 2.15. The molecule has 1 atom stereocenters. The topological polar surface area (TPSA) is 79.3 Å². The van der Waals surface area contributed by atoms with Gasteiger partial charge in [-0.2, -0.15) is 0 Å². The van der Waals surface area contributed by atoms with Crippen molar-refractivity contribution in [3.8, 4) is 0 Å². The van der Waals surface area contributed by atoms with Crippen molar-refractivity contribution in [1.29, 1.82) is 0 Å². The second-order valence-corrected chi connectivity index (χ2v) is 5.15. The molecule has 0 bridgehead atoms. The second-order valence-electron chi connectivity index (χ2n) is 4.10. The summed E-state index contributed by atoms with van der Waals surface area (Å²) in [5, 5.41) is 11.5. The number of thioether (sulfide) groups is 1. The Kier molecular flexibility index (Phi) is 5.64. The summed E-state index contributed by atoms with van der Waals surface area (Å²) in [5.74, 6) is -1.23. The van der Waals surface area contributed by atoms with Gasteiger partial charge in [-0.3, -0.25) is 9.78 Å². The minimum atomic E-state index is -1.01. The lowest BCUT2D eigenvalue weighted by atomic mass is 10.1. The van der Waals surface area contributed by atoms with Crippen LogP contribution < -0.4 is 5.32 Å². The zero-order valence-electron chi connectivity index (χ0n) is 10.3. The van der Waals surface area contributed by atoms with Crippen LogP contribution in [0.4, 0.5) is 0 Å². The van der Waals surface area contributed by atoms with Gasteiger partial charge in [0.15, 0.2) is 0 Å². The molecule has 0 aromatic carbocycles. The number of pyridine rings is 1. The van der Waals surface area contributed by atoms with Gasteiger partial charge in [-0.05, 0) is 18.1 Å². The molecule has 0 aliphatic rings. The van der Waals surface area contributed by atoms with Gasteiger partial charge < -0.3 is 10.4 Å². The summed E-state index contributed by atoms with van der Waals surface area (Å²) in [6, 6.07) is 2.76. The van der Waals surface area contributed by atoms with Crippen LogP contribution in [0.1, 0.15) is 13.8 Å². The van der Waals surface area contributed by atoms with Crippen LogP contribution in [-0.4, -0.2) is 33.8 Å². The van der Waals surface area contributed by atoms with Crippen LogP contribution in [-0.2, 0) is 9.59 Å². The maximum atomic E-state index is 11.6. The molecule has 0 aliphatic heterocycles. The number of aromatic nitrogens is 1. The number of nitrogens with zero attached hydrogens (tertiary/aromatic N) is 1. The second kappa shape index (κ2) is 7.00. The smallest absolute Gasteiger partial charge is 0.326 e. The Hall–Kier alpha value is -1.56. The fraction of sp³-hybridized carbons (Fsp3) is 0.417. The third-order valence-electron chi connectivity index (χ3n) is 2.27. The van der Waals surface area contributed by atoms with E-state index in [1.54, 1.807) is 38.4 Å². The number of nitrogens with one attached hydrogen (secondary N) is 1. The fourth-order valence-electron chi connectivity index (χ4n) is 1.31. The molecular formula is C12H16N2O3S. The number of aliphatic carboxylic acids is 1. The van der Waals surface area contributed by atoms with E-state index in [0.29, 0.717) is 0 Å². The first-order valence-corrected chi connectivity index (χ1v) is 6.54. The van der Waals surface area contributed by atoms with Crippen molar-refractivity contribution in [3.05, 3.63) is 24.5 Å². The van der Waals surface area contributed by atoms with E-state index in [1.807, 2.05) is 0 Å². The maximum Gasteiger partial charge on any atom is 0.326 e. The minimum absolute atomic E-state index is 0.141. The van der Waals surface area contributed by atoms with Gasteiger partial charge in [0.25, 0.3) is 0 Å². The van der Waals surface area contributed by atoms with Gasteiger partial charge in [-0.15, -0.1) is 11.8 Å². The molecule has 1 rings (SSSR count). The molecule has 5 nitrogen and oxygen atoms in total. The molecule has 98 valence electrons. The monoisotopic (exact) mass is 268 g/mol. The number of amides is 1. The molecule has 0 saturated carbocycles. The first-order chi connectivity index (χ1) is 8.50. The predicted molar refractivity (Wildman–Crippen MR) is 69.4 cm³/mol. The normalized spacial score (nSPS) is 12.2. The third kappa shape index (κ3) is 4.75. The average Bonchev–Trinajstić information content (AvgIpc) is 2.34. The van der Waals surface area contributed by atoms with Gasteiger partial charge in [0.1, 0.15) is 6.04 Å². The number of rotatable bonds is 6. The Morgan fingerprint density at radius 1 is 1.39 bits per heavy atom. The largest absolute Gasteiger partial charge is 0.480 e. The lowest BCUT2D eigenvalue weighted by molar-refractivity contribution is -0.142. The van der Waals surface area contributed by atoms with Crippen LogP contribution in [0.3, 0.4) is 0 Å². The lowest BCUT2D eigenvalue weighted by Crippen LogP contribution is -2.45. The summed E-state index contributed by atoms with van der Waals surface area (Å²) in [6.07, 6.45) is 3.29. The van der Waals surface area contributed by atoms with E-state index < -0.39 is 12.0 Å².